The highest BCUT2D eigenvalue weighted by Crippen LogP contribution is 2.44. The molecule has 0 radical (unpaired) electrons. The number of amides is 2. The molecule has 0 aromatic heterocycles. The van der Waals surface area contributed by atoms with Gasteiger partial charge in [-0.25, -0.2) is 0 Å². The van der Waals surface area contributed by atoms with Crippen molar-refractivity contribution in [1.82, 2.24) is 4.90 Å². The molecule has 4 rings (SSSR count). The maximum atomic E-state index is 13.4. The minimum atomic E-state index is -0.523. The van der Waals surface area contributed by atoms with E-state index in [1.54, 1.807) is 38.4 Å². The third-order valence-corrected chi connectivity index (χ3v) is 5.06. The van der Waals surface area contributed by atoms with Crippen molar-refractivity contribution in [2.45, 2.75) is 5.92 Å². The first-order chi connectivity index (χ1) is 14.6. The van der Waals surface area contributed by atoms with Gasteiger partial charge in [0.25, 0.3) is 0 Å². The Bertz CT molecular complexity index is 1030. The number of carbonyl (C=O) groups excluding carboxylic acids is 2. The van der Waals surface area contributed by atoms with E-state index in [1.807, 2.05) is 48.5 Å². The molecule has 0 aliphatic carbocycles. The SMILES string of the molecule is COc1ccc(NC(=O)CN(C)C(=O)C2c3ccccc3Oc3ccccc32)cc1. The van der Waals surface area contributed by atoms with Crippen molar-refractivity contribution in [1.29, 1.82) is 0 Å². The third-order valence-electron chi connectivity index (χ3n) is 5.06. The minimum absolute atomic E-state index is 0.0629. The first-order valence-corrected chi connectivity index (χ1v) is 9.61. The van der Waals surface area contributed by atoms with E-state index >= 15 is 0 Å². The molecule has 0 bridgehead atoms. The molecule has 152 valence electrons. The fourth-order valence-corrected chi connectivity index (χ4v) is 3.56. The summed E-state index contributed by atoms with van der Waals surface area (Å²) >= 11 is 0. The lowest BCUT2D eigenvalue weighted by Gasteiger charge is -2.30. The second-order valence-electron chi connectivity index (χ2n) is 7.08. The zero-order chi connectivity index (χ0) is 21.1. The van der Waals surface area contributed by atoms with Crippen LogP contribution in [0, 0.1) is 0 Å². The van der Waals surface area contributed by atoms with Crippen LogP contribution >= 0.6 is 0 Å². The van der Waals surface area contributed by atoms with E-state index in [2.05, 4.69) is 5.32 Å². The second kappa shape index (κ2) is 8.29. The number of ether oxygens (including phenoxy) is 2. The molecule has 6 nitrogen and oxygen atoms in total. The molecule has 1 heterocycles. The first kappa shape index (κ1) is 19.5. The number of likely N-dealkylation sites (N-methyl/N-ethyl adjacent to an activating group) is 1. The smallest absolute Gasteiger partial charge is 0.243 e. The van der Waals surface area contributed by atoms with Gasteiger partial charge in [0.15, 0.2) is 0 Å². The molecule has 1 aliphatic heterocycles. The number of nitrogens with one attached hydrogen (secondary N) is 1. The quantitative estimate of drug-likeness (QED) is 0.700. The van der Waals surface area contributed by atoms with Gasteiger partial charge in [0.05, 0.1) is 19.6 Å². The highest BCUT2D eigenvalue weighted by molar-refractivity contribution is 5.97. The van der Waals surface area contributed by atoms with Gasteiger partial charge in [0, 0.05) is 23.9 Å². The summed E-state index contributed by atoms with van der Waals surface area (Å²) in [6.45, 7) is -0.0629. The van der Waals surface area contributed by atoms with Crippen molar-refractivity contribution in [3.05, 3.63) is 83.9 Å². The van der Waals surface area contributed by atoms with E-state index in [-0.39, 0.29) is 18.4 Å². The highest BCUT2D eigenvalue weighted by atomic mass is 16.5. The number of anilines is 1. The summed E-state index contributed by atoms with van der Waals surface area (Å²) in [5.74, 6) is 1.06. The summed E-state index contributed by atoms with van der Waals surface area (Å²) in [7, 11) is 3.22. The maximum Gasteiger partial charge on any atom is 0.243 e. The molecule has 0 unspecified atom stereocenters. The van der Waals surface area contributed by atoms with Crippen LogP contribution in [0.3, 0.4) is 0 Å². The topological polar surface area (TPSA) is 67.9 Å². The Hall–Kier alpha value is -3.80. The van der Waals surface area contributed by atoms with Gasteiger partial charge in [-0.05, 0) is 36.4 Å². The second-order valence-corrected chi connectivity index (χ2v) is 7.08. The summed E-state index contributed by atoms with van der Waals surface area (Å²) in [6, 6.07) is 22.0. The van der Waals surface area contributed by atoms with Crippen LogP contribution in [0.2, 0.25) is 0 Å². The number of fused-ring (bicyclic) bond motifs is 2. The van der Waals surface area contributed by atoms with Gasteiger partial charge in [-0.1, -0.05) is 36.4 Å². The molecule has 0 saturated carbocycles. The van der Waals surface area contributed by atoms with Gasteiger partial charge in [-0.2, -0.15) is 0 Å². The molecule has 1 aliphatic rings. The monoisotopic (exact) mass is 402 g/mol. The van der Waals surface area contributed by atoms with E-state index in [0.717, 1.165) is 11.1 Å². The number of methoxy groups -OCH3 is 1. The Morgan fingerprint density at radius 3 is 2.07 bits per heavy atom. The summed E-state index contributed by atoms with van der Waals surface area (Å²) < 4.78 is 11.1. The predicted molar refractivity (Wildman–Crippen MR) is 114 cm³/mol. The van der Waals surface area contributed by atoms with Crippen LogP contribution in [-0.2, 0) is 9.59 Å². The average molecular weight is 402 g/mol. The molecule has 2 amide bonds. The number of para-hydroxylation sites is 2. The van der Waals surface area contributed by atoms with Gasteiger partial charge in [-0.15, -0.1) is 0 Å². The number of rotatable bonds is 5. The lowest BCUT2D eigenvalue weighted by atomic mass is 9.87. The Morgan fingerprint density at radius 2 is 1.50 bits per heavy atom. The molecule has 6 heteroatoms. The Morgan fingerprint density at radius 1 is 0.933 bits per heavy atom. The van der Waals surface area contributed by atoms with Crippen LogP contribution in [0.5, 0.6) is 17.2 Å². The Labute approximate surface area is 175 Å². The predicted octanol–water partition coefficient (Wildman–Crippen LogP) is 4.03. The molecular formula is C24H22N2O4. The summed E-state index contributed by atoms with van der Waals surface area (Å²) in [5.41, 5.74) is 2.23. The van der Waals surface area contributed by atoms with E-state index in [0.29, 0.717) is 22.9 Å². The van der Waals surface area contributed by atoms with Crippen molar-refractivity contribution in [3.63, 3.8) is 0 Å². The lowest BCUT2D eigenvalue weighted by Crippen LogP contribution is -2.38. The standard InChI is InChI=1S/C24H22N2O4/c1-26(15-22(27)25-16-11-13-17(29-2)14-12-16)24(28)23-18-7-3-5-9-20(18)30-21-10-6-4-8-19(21)23/h3-14,23H,15H2,1-2H3,(H,25,27). The lowest BCUT2D eigenvalue weighted by molar-refractivity contribution is -0.134. The number of nitrogens with zero attached hydrogens (tertiary/aromatic N) is 1. The van der Waals surface area contributed by atoms with Crippen LogP contribution in [0.25, 0.3) is 0 Å². The van der Waals surface area contributed by atoms with Crippen LogP contribution in [0.15, 0.2) is 72.8 Å². The summed E-state index contributed by atoms with van der Waals surface area (Å²) in [5, 5.41) is 2.81. The molecule has 0 atom stereocenters. The van der Waals surface area contributed by atoms with Crippen LogP contribution in [0.1, 0.15) is 17.0 Å². The summed E-state index contributed by atoms with van der Waals surface area (Å²) in [6.07, 6.45) is 0. The molecule has 0 spiro atoms. The number of hydrogen-bond acceptors (Lipinski definition) is 4. The summed E-state index contributed by atoms with van der Waals surface area (Å²) in [4.78, 5) is 27.3. The highest BCUT2D eigenvalue weighted by Gasteiger charge is 2.34. The number of hydrogen-bond donors (Lipinski definition) is 1. The fourth-order valence-electron chi connectivity index (χ4n) is 3.56. The van der Waals surface area contributed by atoms with Gasteiger partial charge in [0.1, 0.15) is 17.2 Å². The van der Waals surface area contributed by atoms with Crippen LogP contribution in [-0.4, -0.2) is 37.4 Å². The molecule has 3 aromatic carbocycles. The number of carbonyl (C=O) groups is 2. The molecule has 30 heavy (non-hydrogen) atoms. The molecular weight excluding hydrogens is 380 g/mol. The first-order valence-electron chi connectivity index (χ1n) is 9.61. The average Bonchev–Trinajstić information content (AvgIpc) is 2.77. The van der Waals surface area contributed by atoms with Gasteiger partial charge >= 0.3 is 0 Å². The van der Waals surface area contributed by atoms with Crippen LogP contribution < -0.4 is 14.8 Å². The minimum Gasteiger partial charge on any atom is -0.497 e. The Kier molecular flexibility index (Phi) is 5.39. The fraction of sp³-hybridized carbons (Fsp3) is 0.167. The van der Waals surface area contributed by atoms with E-state index in [9.17, 15) is 9.59 Å². The molecule has 0 fully saturated rings. The van der Waals surface area contributed by atoms with Crippen molar-refractivity contribution in [2.75, 3.05) is 26.0 Å². The van der Waals surface area contributed by atoms with E-state index in [4.69, 9.17) is 9.47 Å². The maximum absolute atomic E-state index is 13.4. The zero-order valence-corrected chi connectivity index (χ0v) is 16.8. The van der Waals surface area contributed by atoms with Crippen molar-refractivity contribution < 1.29 is 19.1 Å². The van der Waals surface area contributed by atoms with E-state index in [1.165, 1.54) is 4.90 Å². The number of benzene rings is 3. The third kappa shape index (κ3) is 3.85. The van der Waals surface area contributed by atoms with Gasteiger partial charge in [-0.3, -0.25) is 9.59 Å². The molecule has 1 N–H and O–H groups in total. The Balaban J connectivity index is 1.52. The van der Waals surface area contributed by atoms with Crippen molar-refractivity contribution in [2.24, 2.45) is 0 Å². The molecule has 0 saturated heterocycles. The molecule has 3 aromatic rings. The van der Waals surface area contributed by atoms with Crippen molar-refractivity contribution in [3.8, 4) is 17.2 Å². The van der Waals surface area contributed by atoms with Gasteiger partial charge in [0.2, 0.25) is 11.8 Å². The van der Waals surface area contributed by atoms with E-state index < -0.39 is 5.92 Å². The largest absolute Gasteiger partial charge is 0.497 e. The van der Waals surface area contributed by atoms with Crippen molar-refractivity contribution >= 4 is 17.5 Å². The normalized spacial score (nSPS) is 12.2. The zero-order valence-electron chi connectivity index (χ0n) is 16.8. The van der Waals surface area contributed by atoms with Crippen LogP contribution in [0.4, 0.5) is 5.69 Å². The van der Waals surface area contributed by atoms with Gasteiger partial charge < -0.3 is 19.7 Å².